The Balaban J connectivity index is 2.42. The highest BCUT2D eigenvalue weighted by Gasteiger charge is 2.16. The molecular formula is C14H15BrOS. The second kappa shape index (κ2) is 5.23. The lowest BCUT2D eigenvalue weighted by molar-refractivity contribution is 0.410. The fourth-order valence-electron chi connectivity index (χ4n) is 1.79. The minimum atomic E-state index is 0.205. The molecule has 0 aliphatic rings. The van der Waals surface area contributed by atoms with Crippen molar-refractivity contribution in [1.82, 2.24) is 0 Å². The summed E-state index contributed by atoms with van der Waals surface area (Å²) in [5.74, 6) is 0.934. The average molecular weight is 311 g/mol. The third-order valence-electron chi connectivity index (χ3n) is 2.67. The van der Waals surface area contributed by atoms with Gasteiger partial charge in [0.2, 0.25) is 0 Å². The second-order valence-electron chi connectivity index (χ2n) is 4.06. The summed E-state index contributed by atoms with van der Waals surface area (Å²) < 4.78 is 5.42. The first-order chi connectivity index (χ1) is 8.11. The van der Waals surface area contributed by atoms with Gasteiger partial charge in [0.1, 0.15) is 5.75 Å². The van der Waals surface area contributed by atoms with E-state index in [2.05, 4.69) is 54.0 Å². The first-order valence-electron chi connectivity index (χ1n) is 5.46. The molecule has 1 aromatic carbocycles. The number of halogens is 1. The van der Waals surface area contributed by atoms with Crippen LogP contribution in [0.2, 0.25) is 0 Å². The molecule has 2 rings (SSSR count). The minimum Gasteiger partial charge on any atom is -0.496 e. The summed E-state index contributed by atoms with van der Waals surface area (Å²) in [5, 5.41) is 0. The molecule has 0 aliphatic heterocycles. The van der Waals surface area contributed by atoms with Crippen LogP contribution in [0.5, 0.6) is 5.75 Å². The van der Waals surface area contributed by atoms with Crippen molar-refractivity contribution in [1.29, 1.82) is 0 Å². The number of aryl methyl sites for hydroxylation is 2. The maximum Gasteiger partial charge on any atom is 0.123 e. The fraction of sp³-hybridized carbons (Fsp3) is 0.286. The van der Waals surface area contributed by atoms with Crippen molar-refractivity contribution in [2.75, 3.05) is 7.11 Å². The van der Waals surface area contributed by atoms with Gasteiger partial charge in [-0.15, -0.1) is 11.3 Å². The number of ether oxygens (including phenoxy) is 1. The summed E-state index contributed by atoms with van der Waals surface area (Å²) in [5.41, 5.74) is 2.44. The Morgan fingerprint density at radius 2 is 1.94 bits per heavy atom. The molecule has 1 nitrogen and oxygen atoms in total. The number of methoxy groups -OCH3 is 1. The largest absolute Gasteiger partial charge is 0.496 e. The fourth-order valence-corrected chi connectivity index (χ4v) is 3.46. The van der Waals surface area contributed by atoms with E-state index >= 15 is 0 Å². The summed E-state index contributed by atoms with van der Waals surface area (Å²) in [6, 6.07) is 10.6. The van der Waals surface area contributed by atoms with E-state index in [1.807, 2.05) is 17.4 Å². The molecule has 90 valence electrons. The number of alkyl halides is 1. The van der Waals surface area contributed by atoms with Gasteiger partial charge in [-0.05, 0) is 32.0 Å². The molecule has 0 radical (unpaired) electrons. The van der Waals surface area contributed by atoms with Crippen LogP contribution in [0.25, 0.3) is 0 Å². The summed E-state index contributed by atoms with van der Waals surface area (Å²) in [6.07, 6.45) is 0. The van der Waals surface area contributed by atoms with Crippen LogP contribution in [-0.2, 0) is 0 Å². The number of hydrogen-bond donors (Lipinski definition) is 0. The van der Waals surface area contributed by atoms with Gasteiger partial charge in [0.15, 0.2) is 0 Å². The van der Waals surface area contributed by atoms with E-state index in [9.17, 15) is 0 Å². The van der Waals surface area contributed by atoms with Gasteiger partial charge in [-0.3, -0.25) is 0 Å². The molecular weight excluding hydrogens is 296 g/mol. The van der Waals surface area contributed by atoms with Crippen LogP contribution in [-0.4, -0.2) is 7.11 Å². The molecule has 1 atom stereocenters. The number of hydrogen-bond acceptors (Lipinski definition) is 2. The summed E-state index contributed by atoms with van der Waals surface area (Å²) >= 11 is 5.58. The quantitative estimate of drug-likeness (QED) is 0.736. The van der Waals surface area contributed by atoms with Gasteiger partial charge in [0.25, 0.3) is 0 Å². The van der Waals surface area contributed by atoms with Crippen LogP contribution >= 0.6 is 27.3 Å². The first-order valence-corrected chi connectivity index (χ1v) is 7.20. The van der Waals surface area contributed by atoms with Crippen molar-refractivity contribution in [3.8, 4) is 5.75 Å². The Bertz CT molecular complexity index is 519. The Kier molecular flexibility index (Phi) is 3.89. The lowest BCUT2D eigenvalue weighted by atomic mass is 10.1. The molecule has 0 fully saturated rings. The molecule has 0 amide bonds. The molecule has 0 saturated carbocycles. The van der Waals surface area contributed by atoms with Crippen molar-refractivity contribution in [2.24, 2.45) is 0 Å². The normalized spacial score (nSPS) is 12.5. The molecule has 0 bridgehead atoms. The predicted octanol–water partition coefficient (Wildman–Crippen LogP) is 4.86. The van der Waals surface area contributed by atoms with Crippen LogP contribution in [0.15, 0.2) is 30.3 Å². The zero-order valence-corrected chi connectivity index (χ0v) is 12.6. The van der Waals surface area contributed by atoms with Gasteiger partial charge in [0, 0.05) is 15.3 Å². The molecule has 0 aliphatic carbocycles. The SMILES string of the molecule is COc1ccc(C)cc1C(Br)c1ccc(C)s1. The number of thiophene rings is 1. The highest BCUT2D eigenvalue weighted by molar-refractivity contribution is 9.09. The Hall–Kier alpha value is -0.800. The van der Waals surface area contributed by atoms with E-state index in [0.717, 1.165) is 5.75 Å². The summed E-state index contributed by atoms with van der Waals surface area (Å²) in [7, 11) is 1.72. The Morgan fingerprint density at radius 1 is 1.18 bits per heavy atom. The third kappa shape index (κ3) is 2.72. The van der Waals surface area contributed by atoms with E-state index < -0.39 is 0 Å². The molecule has 17 heavy (non-hydrogen) atoms. The Morgan fingerprint density at radius 3 is 2.53 bits per heavy atom. The van der Waals surface area contributed by atoms with Crippen LogP contribution in [0.4, 0.5) is 0 Å². The van der Waals surface area contributed by atoms with Crippen LogP contribution in [0, 0.1) is 13.8 Å². The third-order valence-corrected chi connectivity index (χ3v) is 5.02. The maximum atomic E-state index is 5.42. The van der Waals surface area contributed by atoms with Crippen molar-refractivity contribution >= 4 is 27.3 Å². The van der Waals surface area contributed by atoms with Crippen LogP contribution in [0.3, 0.4) is 0 Å². The van der Waals surface area contributed by atoms with E-state index in [-0.39, 0.29) is 4.83 Å². The van der Waals surface area contributed by atoms with E-state index in [4.69, 9.17) is 4.74 Å². The molecule has 0 saturated heterocycles. The van der Waals surface area contributed by atoms with E-state index in [1.165, 1.54) is 20.9 Å². The maximum absolute atomic E-state index is 5.42. The van der Waals surface area contributed by atoms with Crippen molar-refractivity contribution in [3.63, 3.8) is 0 Å². The molecule has 1 unspecified atom stereocenters. The molecule has 0 spiro atoms. The van der Waals surface area contributed by atoms with Gasteiger partial charge < -0.3 is 4.74 Å². The molecule has 0 N–H and O–H groups in total. The summed E-state index contributed by atoms with van der Waals surface area (Å²) in [6.45, 7) is 4.23. The second-order valence-corrected chi connectivity index (χ2v) is 6.29. The standard InChI is InChI=1S/C14H15BrOS/c1-9-4-6-12(16-3)11(8-9)14(15)13-7-5-10(2)17-13/h4-8,14H,1-3H3. The van der Waals surface area contributed by atoms with Gasteiger partial charge in [0.05, 0.1) is 11.9 Å². The lowest BCUT2D eigenvalue weighted by Gasteiger charge is -2.13. The molecule has 2 aromatic rings. The minimum absolute atomic E-state index is 0.205. The zero-order chi connectivity index (χ0) is 12.4. The monoisotopic (exact) mass is 310 g/mol. The molecule has 1 aromatic heterocycles. The zero-order valence-electron chi connectivity index (χ0n) is 10.2. The lowest BCUT2D eigenvalue weighted by Crippen LogP contribution is -1.96. The van der Waals surface area contributed by atoms with Gasteiger partial charge in [-0.25, -0.2) is 0 Å². The topological polar surface area (TPSA) is 9.23 Å². The van der Waals surface area contributed by atoms with E-state index in [1.54, 1.807) is 7.11 Å². The highest BCUT2D eigenvalue weighted by atomic mass is 79.9. The van der Waals surface area contributed by atoms with E-state index in [0.29, 0.717) is 0 Å². The molecule has 3 heteroatoms. The highest BCUT2D eigenvalue weighted by Crippen LogP contribution is 2.39. The number of benzene rings is 1. The van der Waals surface area contributed by atoms with Gasteiger partial charge >= 0.3 is 0 Å². The smallest absolute Gasteiger partial charge is 0.123 e. The predicted molar refractivity (Wildman–Crippen MR) is 77.6 cm³/mol. The van der Waals surface area contributed by atoms with Crippen LogP contribution in [0.1, 0.15) is 25.7 Å². The van der Waals surface area contributed by atoms with Gasteiger partial charge in [-0.2, -0.15) is 0 Å². The summed E-state index contributed by atoms with van der Waals surface area (Å²) in [4.78, 5) is 2.85. The first kappa shape index (κ1) is 12.7. The van der Waals surface area contributed by atoms with Crippen molar-refractivity contribution in [2.45, 2.75) is 18.7 Å². The molecule has 1 heterocycles. The number of rotatable bonds is 3. The van der Waals surface area contributed by atoms with Gasteiger partial charge in [-0.1, -0.05) is 33.6 Å². The average Bonchev–Trinajstić information content (AvgIpc) is 2.75. The van der Waals surface area contributed by atoms with Crippen LogP contribution < -0.4 is 4.74 Å². The Labute approximate surface area is 115 Å². The van der Waals surface area contributed by atoms with Crippen molar-refractivity contribution in [3.05, 3.63) is 51.2 Å². The van der Waals surface area contributed by atoms with Crippen molar-refractivity contribution < 1.29 is 4.74 Å².